The summed E-state index contributed by atoms with van der Waals surface area (Å²) in [4.78, 5) is 2.58. The highest BCUT2D eigenvalue weighted by Gasteiger charge is 2.35. The van der Waals surface area contributed by atoms with Gasteiger partial charge in [0.2, 0.25) is 0 Å². The molecule has 1 rings (SSSR count). The quantitative estimate of drug-likeness (QED) is 0.719. The second-order valence-electron chi connectivity index (χ2n) is 5.72. The van der Waals surface area contributed by atoms with Crippen LogP contribution in [0.2, 0.25) is 0 Å². The summed E-state index contributed by atoms with van der Waals surface area (Å²) >= 11 is 0. The molecule has 1 aliphatic rings. The van der Waals surface area contributed by atoms with Crippen molar-refractivity contribution >= 4 is 0 Å². The predicted molar refractivity (Wildman–Crippen MR) is 67.1 cm³/mol. The minimum atomic E-state index is 0.225. The van der Waals surface area contributed by atoms with Gasteiger partial charge in [-0.05, 0) is 26.7 Å². The molecule has 1 saturated heterocycles. The van der Waals surface area contributed by atoms with Gasteiger partial charge in [-0.25, -0.2) is 0 Å². The van der Waals surface area contributed by atoms with Gasteiger partial charge >= 0.3 is 0 Å². The van der Waals surface area contributed by atoms with Gasteiger partial charge < -0.3 is 5.32 Å². The Balaban J connectivity index is 2.78. The van der Waals surface area contributed by atoms with Gasteiger partial charge in [0, 0.05) is 30.7 Å². The Kier molecular flexibility index (Phi) is 3.96. The molecule has 1 N–H and O–H groups in total. The summed E-state index contributed by atoms with van der Waals surface area (Å²) in [6.07, 6.45) is 2.05. The number of piperazine rings is 1. The van der Waals surface area contributed by atoms with E-state index in [2.05, 4.69) is 57.5 Å². The molecule has 0 aliphatic carbocycles. The van der Waals surface area contributed by atoms with Gasteiger partial charge in [-0.2, -0.15) is 0 Å². The van der Waals surface area contributed by atoms with E-state index in [1.165, 1.54) is 0 Å². The van der Waals surface area contributed by atoms with E-state index in [1.807, 2.05) is 0 Å². The molecule has 88 valence electrons. The standard InChI is InChI=1S/C13H26N2/c1-7-11(4)15-9-13(5,6)14-8-12(15)10(2)3/h7,10-12,14H,1,8-9H2,2-6H3. The van der Waals surface area contributed by atoms with Crippen LogP contribution < -0.4 is 5.32 Å². The summed E-state index contributed by atoms with van der Waals surface area (Å²) in [5.41, 5.74) is 0.225. The molecular formula is C13H26N2. The molecule has 0 aromatic rings. The average Bonchev–Trinajstić information content (AvgIpc) is 2.14. The molecule has 1 heterocycles. The monoisotopic (exact) mass is 210 g/mol. The van der Waals surface area contributed by atoms with Crippen LogP contribution in [0.5, 0.6) is 0 Å². The van der Waals surface area contributed by atoms with Crippen LogP contribution in [0.15, 0.2) is 12.7 Å². The first-order valence-electron chi connectivity index (χ1n) is 6.00. The van der Waals surface area contributed by atoms with Crippen molar-refractivity contribution in [3.8, 4) is 0 Å². The van der Waals surface area contributed by atoms with E-state index in [-0.39, 0.29) is 5.54 Å². The molecule has 0 amide bonds. The molecule has 15 heavy (non-hydrogen) atoms. The van der Waals surface area contributed by atoms with Gasteiger partial charge in [0.1, 0.15) is 0 Å². The Bertz CT molecular complexity index is 221. The molecule has 0 aromatic heterocycles. The molecule has 0 aromatic carbocycles. The molecule has 0 spiro atoms. The van der Waals surface area contributed by atoms with Crippen LogP contribution in [-0.4, -0.2) is 35.6 Å². The minimum Gasteiger partial charge on any atom is -0.309 e. The molecule has 0 saturated carbocycles. The van der Waals surface area contributed by atoms with Gasteiger partial charge in [0.05, 0.1) is 0 Å². The lowest BCUT2D eigenvalue weighted by atomic mass is 9.92. The maximum Gasteiger partial charge on any atom is 0.0253 e. The predicted octanol–water partition coefficient (Wildman–Crippen LogP) is 2.27. The third kappa shape index (κ3) is 3.05. The fraction of sp³-hybridized carbons (Fsp3) is 0.846. The van der Waals surface area contributed by atoms with Gasteiger partial charge in [-0.3, -0.25) is 4.90 Å². The van der Waals surface area contributed by atoms with E-state index in [1.54, 1.807) is 0 Å². The topological polar surface area (TPSA) is 15.3 Å². The van der Waals surface area contributed by atoms with Crippen molar-refractivity contribution in [3.63, 3.8) is 0 Å². The molecule has 2 nitrogen and oxygen atoms in total. The van der Waals surface area contributed by atoms with Crippen LogP contribution in [0.1, 0.15) is 34.6 Å². The van der Waals surface area contributed by atoms with Crippen LogP contribution in [-0.2, 0) is 0 Å². The summed E-state index contributed by atoms with van der Waals surface area (Å²) in [6.45, 7) is 17.5. The number of rotatable bonds is 3. The molecule has 1 fully saturated rings. The maximum absolute atomic E-state index is 3.92. The first kappa shape index (κ1) is 12.7. The Labute approximate surface area is 94.7 Å². The molecule has 0 bridgehead atoms. The van der Waals surface area contributed by atoms with Crippen molar-refractivity contribution < 1.29 is 0 Å². The minimum absolute atomic E-state index is 0.225. The second-order valence-corrected chi connectivity index (χ2v) is 5.72. The lowest BCUT2D eigenvalue weighted by Crippen LogP contribution is -2.64. The number of hydrogen-bond acceptors (Lipinski definition) is 2. The maximum atomic E-state index is 3.92. The van der Waals surface area contributed by atoms with E-state index >= 15 is 0 Å². The third-order valence-corrected chi connectivity index (χ3v) is 3.43. The van der Waals surface area contributed by atoms with Gasteiger partial charge in [-0.15, -0.1) is 6.58 Å². The van der Waals surface area contributed by atoms with E-state index in [0.29, 0.717) is 18.0 Å². The Morgan fingerprint density at radius 2 is 2.00 bits per heavy atom. The third-order valence-electron chi connectivity index (χ3n) is 3.43. The summed E-state index contributed by atoms with van der Waals surface area (Å²) in [7, 11) is 0. The lowest BCUT2D eigenvalue weighted by molar-refractivity contribution is 0.0526. The van der Waals surface area contributed by atoms with Crippen LogP contribution in [0.3, 0.4) is 0 Å². The van der Waals surface area contributed by atoms with Gasteiger partial charge in [0.25, 0.3) is 0 Å². The zero-order chi connectivity index (χ0) is 11.6. The summed E-state index contributed by atoms with van der Waals surface area (Å²) < 4.78 is 0. The highest BCUT2D eigenvalue weighted by Crippen LogP contribution is 2.22. The second kappa shape index (κ2) is 4.67. The van der Waals surface area contributed by atoms with Gasteiger partial charge in [0.15, 0.2) is 0 Å². The van der Waals surface area contributed by atoms with E-state index < -0.39 is 0 Å². The summed E-state index contributed by atoms with van der Waals surface area (Å²) in [5, 5.41) is 3.62. The van der Waals surface area contributed by atoms with Crippen LogP contribution in [0.4, 0.5) is 0 Å². The molecule has 1 aliphatic heterocycles. The van der Waals surface area contributed by atoms with Crippen molar-refractivity contribution in [1.29, 1.82) is 0 Å². The summed E-state index contributed by atoms with van der Waals surface area (Å²) in [6, 6.07) is 1.10. The Hall–Kier alpha value is -0.340. The van der Waals surface area contributed by atoms with Crippen molar-refractivity contribution in [1.82, 2.24) is 10.2 Å². The Morgan fingerprint density at radius 1 is 1.40 bits per heavy atom. The Morgan fingerprint density at radius 3 is 2.47 bits per heavy atom. The van der Waals surface area contributed by atoms with E-state index in [0.717, 1.165) is 13.1 Å². The molecular weight excluding hydrogens is 184 g/mol. The highest BCUT2D eigenvalue weighted by atomic mass is 15.3. The zero-order valence-electron chi connectivity index (χ0n) is 10.9. The largest absolute Gasteiger partial charge is 0.309 e. The zero-order valence-corrected chi connectivity index (χ0v) is 10.9. The SMILES string of the molecule is C=CC(C)N1CC(C)(C)NCC1C(C)C. The number of hydrogen-bond donors (Lipinski definition) is 1. The smallest absolute Gasteiger partial charge is 0.0253 e. The normalized spacial score (nSPS) is 29.1. The van der Waals surface area contributed by atoms with Crippen molar-refractivity contribution in [2.75, 3.05) is 13.1 Å². The van der Waals surface area contributed by atoms with Gasteiger partial charge in [-0.1, -0.05) is 19.9 Å². The fourth-order valence-electron chi connectivity index (χ4n) is 2.33. The van der Waals surface area contributed by atoms with Crippen molar-refractivity contribution in [2.24, 2.45) is 5.92 Å². The van der Waals surface area contributed by atoms with Crippen molar-refractivity contribution in [3.05, 3.63) is 12.7 Å². The summed E-state index contributed by atoms with van der Waals surface area (Å²) in [5.74, 6) is 0.691. The first-order chi connectivity index (χ1) is 6.87. The molecule has 0 radical (unpaired) electrons. The number of nitrogens with one attached hydrogen (secondary N) is 1. The molecule has 2 unspecified atom stereocenters. The first-order valence-corrected chi connectivity index (χ1v) is 6.00. The van der Waals surface area contributed by atoms with Crippen LogP contribution in [0, 0.1) is 5.92 Å². The van der Waals surface area contributed by atoms with Crippen LogP contribution >= 0.6 is 0 Å². The van der Waals surface area contributed by atoms with E-state index in [4.69, 9.17) is 0 Å². The highest BCUT2D eigenvalue weighted by molar-refractivity contribution is 4.98. The number of nitrogens with zero attached hydrogens (tertiary/aromatic N) is 1. The average molecular weight is 210 g/mol. The van der Waals surface area contributed by atoms with Crippen molar-refractivity contribution in [2.45, 2.75) is 52.2 Å². The van der Waals surface area contributed by atoms with Crippen LogP contribution in [0.25, 0.3) is 0 Å². The molecule has 2 atom stereocenters. The molecule has 2 heteroatoms. The van der Waals surface area contributed by atoms with E-state index in [9.17, 15) is 0 Å². The lowest BCUT2D eigenvalue weighted by Gasteiger charge is -2.48. The fourth-order valence-corrected chi connectivity index (χ4v) is 2.33.